The first-order valence-corrected chi connectivity index (χ1v) is 11.6. The summed E-state index contributed by atoms with van der Waals surface area (Å²) in [6, 6.07) is 19.3. The van der Waals surface area contributed by atoms with Crippen LogP contribution >= 0.6 is 23.2 Å². The quantitative estimate of drug-likeness (QED) is 0.187. The van der Waals surface area contributed by atoms with E-state index in [0.29, 0.717) is 46.7 Å². The van der Waals surface area contributed by atoms with Crippen molar-refractivity contribution in [3.05, 3.63) is 87.4 Å². The van der Waals surface area contributed by atoms with Gasteiger partial charge in [0.2, 0.25) is 0 Å². The van der Waals surface area contributed by atoms with E-state index in [1.807, 2.05) is 31.2 Å². The lowest BCUT2D eigenvalue weighted by Gasteiger charge is -2.13. The van der Waals surface area contributed by atoms with Gasteiger partial charge in [-0.1, -0.05) is 47.3 Å². The smallest absolute Gasteiger partial charge is 0.266 e. The minimum atomic E-state index is -0.580. The molecule has 0 unspecified atom stereocenters. The summed E-state index contributed by atoms with van der Waals surface area (Å²) < 4.78 is 16.8. The molecule has 0 aliphatic heterocycles. The number of carbonyl (C=O) groups is 1. The first-order chi connectivity index (χ1) is 17.4. The predicted octanol–water partition coefficient (Wildman–Crippen LogP) is 6.53. The molecular weight excluding hydrogens is 499 g/mol. The van der Waals surface area contributed by atoms with E-state index in [-0.39, 0.29) is 17.2 Å². The summed E-state index contributed by atoms with van der Waals surface area (Å²) in [4.78, 5) is 12.7. The van der Waals surface area contributed by atoms with Gasteiger partial charge in [-0.25, -0.2) is 0 Å². The van der Waals surface area contributed by atoms with Crippen LogP contribution in [0.25, 0.3) is 6.08 Å². The van der Waals surface area contributed by atoms with Crippen LogP contribution < -0.4 is 19.5 Å². The van der Waals surface area contributed by atoms with E-state index in [2.05, 4.69) is 11.2 Å². The van der Waals surface area contributed by atoms with Crippen molar-refractivity contribution in [2.24, 2.45) is 0 Å². The topological polar surface area (TPSA) is 80.6 Å². The van der Waals surface area contributed by atoms with Crippen molar-refractivity contribution in [3.63, 3.8) is 0 Å². The maximum atomic E-state index is 12.7. The third-order valence-corrected chi connectivity index (χ3v) is 5.42. The zero-order valence-corrected chi connectivity index (χ0v) is 20.9. The molecule has 0 saturated carbocycles. The number of anilines is 1. The van der Waals surface area contributed by atoms with Crippen molar-refractivity contribution in [1.29, 1.82) is 5.26 Å². The van der Waals surface area contributed by atoms with Crippen LogP contribution in [0.15, 0.2) is 66.2 Å². The molecule has 0 radical (unpaired) electrons. The van der Waals surface area contributed by atoms with Gasteiger partial charge in [0.05, 0.1) is 11.6 Å². The lowest BCUT2D eigenvalue weighted by Crippen LogP contribution is -2.13. The number of amides is 1. The summed E-state index contributed by atoms with van der Waals surface area (Å²) in [6.45, 7) is 2.50. The van der Waals surface area contributed by atoms with Gasteiger partial charge in [-0.15, -0.1) is 6.42 Å². The number of benzene rings is 3. The van der Waals surface area contributed by atoms with Crippen LogP contribution in [-0.2, 0) is 11.4 Å². The average molecular weight is 521 g/mol. The highest BCUT2D eigenvalue weighted by Crippen LogP contribution is 2.37. The maximum absolute atomic E-state index is 12.7. The van der Waals surface area contributed by atoms with Crippen LogP contribution in [0.2, 0.25) is 10.0 Å². The molecule has 6 nitrogen and oxygen atoms in total. The van der Waals surface area contributed by atoms with Crippen molar-refractivity contribution in [2.45, 2.75) is 13.5 Å². The molecule has 0 bridgehead atoms. The second-order valence-corrected chi connectivity index (χ2v) is 8.10. The first kappa shape index (κ1) is 26.5. The molecule has 0 aliphatic rings. The Balaban J connectivity index is 1.71. The molecule has 3 rings (SSSR count). The molecule has 0 spiro atoms. The number of nitrogens with one attached hydrogen (secondary N) is 1. The van der Waals surface area contributed by atoms with Crippen molar-refractivity contribution >= 4 is 40.9 Å². The van der Waals surface area contributed by atoms with Crippen LogP contribution in [0, 0.1) is 23.7 Å². The number of nitriles is 1. The van der Waals surface area contributed by atoms with E-state index in [0.717, 1.165) is 5.56 Å². The Bertz CT molecular complexity index is 1340. The molecule has 3 aromatic rings. The molecule has 0 fully saturated rings. The number of rotatable bonds is 10. The van der Waals surface area contributed by atoms with E-state index in [4.69, 9.17) is 43.8 Å². The molecule has 0 heterocycles. The molecule has 0 saturated heterocycles. The lowest BCUT2D eigenvalue weighted by atomic mass is 10.1. The van der Waals surface area contributed by atoms with E-state index in [1.165, 1.54) is 6.08 Å². The molecular formula is C28H22Cl2N2O4. The van der Waals surface area contributed by atoms with E-state index >= 15 is 0 Å². The van der Waals surface area contributed by atoms with Gasteiger partial charge in [0.15, 0.2) is 11.5 Å². The highest BCUT2D eigenvalue weighted by atomic mass is 35.5. The SMILES string of the molecule is C#CCOc1c(Cl)cc(/C=C(\C#N)C(=O)Nc2ccc(OCc3ccccc3Cl)cc2)cc1OCC. The van der Waals surface area contributed by atoms with E-state index in [1.54, 1.807) is 42.5 Å². The Morgan fingerprint density at radius 3 is 2.47 bits per heavy atom. The molecule has 0 atom stereocenters. The molecule has 0 aliphatic carbocycles. The molecule has 182 valence electrons. The number of terminal acetylenes is 1. The van der Waals surface area contributed by atoms with Gasteiger partial charge >= 0.3 is 0 Å². The number of hydrogen-bond donors (Lipinski definition) is 1. The van der Waals surface area contributed by atoms with Crippen molar-refractivity contribution < 1.29 is 19.0 Å². The largest absolute Gasteiger partial charge is 0.490 e. The Kier molecular flexibility index (Phi) is 9.65. The lowest BCUT2D eigenvalue weighted by molar-refractivity contribution is -0.112. The highest BCUT2D eigenvalue weighted by Gasteiger charge is 2.15. The first-order valence-electron chi connectivity index (χ1n) is 10.9. The fourth-order valence-corrected chi connectivity index (χ4v) is 3.58. The molecule has 3 aromatic carbocycles. The van der Waals surface area contributed by atoms with E-state index < -0.39 is 5.91 Å². The monoisotopic (exact) mass is 520 g/mol. The Labute approximate surface area is 220 Å². The summed E-state index contributed by atoms with van der Waals surface area (Å²) in [5.74, 6) is 3.05. The summed E-state index contributed by atoms with van der Waals surface area (Å²) in [5.41, 5.74) is 1.73. The second kappa shape index (κ2) is 13.1. The van der Waals surface area contributed by atoms with E-state index in [9.17, 15) is 10.1 Å². The van der Waals surface area contributed by atoms with Crippen molar-refractivity contribution in [1.82, 2.24) is 0 Å². The van der Waals surface area contributed by atoms with Gasteiger partial charge in [-0.3, -0.25) is 4.79 Å². The number of ether oxygens (including phenoxy) is 3. The number of hydrogen-bond acceptors (Lipinski definition) is 5. The number of halogens is 2. The standard InChI is InChI=1S/C28H22Cl2N2O4/c1-3-13-35-27-25(30)15-19(16-26(27)34-4-2)14-21(17-31)28(33)32-22-9-11-23(12-10-22)36-18-20-7-5-6-8-24(20)29/h1,5-12,14-16H,4,13,18H2,2H3,(H,32,33)/b21-14+. The van der Waals surface area contributed by atoms with Gasteiger partial charge < -0.3 is 19.5 Å². The normalized spacial score (nSPS) is 10.6. The highest BCUT2D eigenvalue weighted by molar-refractivity contribution is 6.32. The van der Waals surface area contributed by atoms with Gasteiger partial charge in [0.1, 0.15) is 30.6 Å². The predicted molar refractivity (Wildman–Crippen MR) is 141 cm³/mol. The molecule has 8 heteroatoms. The van der Waals surface area contributed by atoms with Gasteiger partial charge in [-0.05, 0) is 61.0 Å². The van der Waals surface area contributed by atoms with Gasteiger partial charge in [0, 0.05) is 16.3 Å². The maximum Gasteiger partial charge on any atom is 0.266 e. The summed E-state index contributed by atoms with van der Waals surface area (Å²) >= 11 is 12.5. The fraction of sp³-hybridized carbons (Fsp3) is 0.143. The Hall–Kier alpha value is -4.10. The minimum Gasteiger partial charge on any atom is -0.490 e. The second-order valence-electron chi connectivity index (χ2n) is 7.28. The zero-order chi connectivity index (χ0) is 25.9. The van der Waals surface area contributed by atoms with Crippen LogP contribution in [-0.4, -0.2) is 19.1 Å². The van der Waals surface area contributed by atoms with Crippen LogP contribution in [0.5, 0.6) is 17.2 Å². The minimum absolute atomic E-state index is 0.0185. The van der Waals surface area contributed by atoms with Crippen LogP contribution in [0.4, 0.5) is 5.69 Å². The van der Waals surface area contributed by atoms with Crippen LogP contribution in [0.1, 0.15) is 18.1 Å². The molecule has 1 N–H and O–H groups in total. The third kappa shape index (κ3) is 7.20. The molecule has 1 amide bonds. The Morgan fingerprint density at radius 2 is 1.81 bits per heavy atom. The zero-order valence-electron chi connectivity index (χ0n) is 19.4. The van der Waals surface area contributed by atoms with Gasteiger partial charge in [0.25, 0.3) is 5.91 Å². The third-order valence-electron chi connectivity index (χ3n) is 4.77. The molecule has 0 aromatic heterocycles. The number of carbonyl (C=O) groups excluding carboxylic acids is 1. The number of nitrogens with zero attached hydrogens (tertiary/aromatic N) is 1. The molecule has 36 heavy (non-hydrogen) atoms. The summed E-state index contributed by atoms with van der Waals surface area (Å²) in [5, 5.41) is 13.1. The van der Waals surface area contributed by atoms with Crippen LogP contribution in [0.3, 0.4) is 0 Å². The van der Waals surface area contributed by atoms with Gasteiger partial charge in [-0.2, -0.15) is 5.26 Å². The Morgan fingerprint density at radius 1 is 1.06 bits per heavy atom. The van der Waals surface area contributed by atoms with Crippen molar-refractivity contribution in [2.75, 3.05) is 18.5 Å². The summed E-state index contributed by atoms with van der Waals surface area (Å²) in [7, 11) is 0. The average Bonchev–Trinajstić information content (AvgIpc) is 2.87. The summed E-state index contributed by atoms with van der Waals surface area (Å²) in [6.07, 6.45) is 6.67. The fourth-order valence-electron chi connectivity index (χ4n) is 3.11. The van der Waals surface area contributed by atoms with Crippen molar-refractivity contribution in [3.8, 4) is 35.7 Å².